The third-order valence-electron chi connectivity index (χ3n) is 4.13. The molecular weight excluding hydrogens is 240 g/mol. The smallest absolute Gasteiger partial charge is 0.220 e. The summed E-state index contributed by atoms with van der Waals surface area (Å²) in [5.74, 6) is 2.01. The molecule has 3 N–H and O–H groups in total. The number of furan rings is 1. The first-order valence-electron chi connectivity index (χ1n) is 7.16. The largest absolute Gasteiger partial charge is 0.466 e. The predicted molar refractivity (Wildman–Crippen MR) is 74.7 cm³/mol. The zero-order chi connectivity index (χ0) is 13.7. The quantitative estimate of drug-likeness (QED) is 0.793. The van der Waals surface area contributed by atoms with E-state index >= 15 is 0 Å². The fourth-order valence-electron chi connectivity index (χ4n) is 2.55. The van der Waals surface area contributed by atoms with Gasteiger partial charge in [0, 0.05) is 19.4 Å². The van der Waals surface area contributed by atoms with Gasteiger partial charge in [-0.15, -0.1) is 0 Å². The average Bonchev–Trinajstić information content (AvgIpc) is 2.74. The van der Waals surface area contributed by atoms with Crippen molar-refractivity contribution in [3.8, 4) is 0 Å². The summed E-state index contributed by atoms with van der Waals surface area (Å²) in [5.41, 5.74) is 5.96. The van der Waals surface area contributed by atoms with Gasteiger partial charge in [-0.25, -0.2) is 0 Å². The molecule has 0 saturated heterocycles. The fourth-order valence-corrected chi connectivity index (χ4v) is 2.55. The minimum atomic E-state index is 0.128. The maximum absolute atomic E-state index is 11.8. The van der Waals surface area contributed by atoms with Crippen LogP contribution in [0.4, 0.5) is 0 Å². The van der Waals surface area contributed by atoms with Crippen LogP contribution in [0.1, 0.15) is 43.6 Å². The molecule has 1 aliphatic carbocycles. The van der Waals surface area contributed by atoms with Crippen molar-refractivity contribution in [3.63, 3.8) is 0 Å². The van der Waals surface area contributed by atoms with Crippen LogP contribution < -0.4 is 11.1 Å². The summed E-state index contributed by atoms with van der Waals surface area (Å²) in [7, 11) is 0. The van der Waals surface area contributed by atoms with Crippen molar-refractivity contribution in [2.75, 3.05) is 13.1 Å². The van der Waals surface area contributed by atoms with Crippen LogP contribution in [0.2, 0.25) is 0 Å². The SMILES string of the molecule is Cc1ccc(CCCC(=O)NCC2(CN)CCC2)o1. The minimum absolute atomic E-state index is 0.128. The molecule has 0 aliphatic heterocycles. The Hall–Kier alpha value is -1.29. The Morgan fingerprint density at radius 2 is 2.26 bits per heavy atom. The summed E-state index contributed by atoms with van der Waals surface area (Å²) < 4.78 is 5.48. The van der Waals surface area contributed by atoms with E-state index < -0.39 is 0 Å². The van der Waals surface area contributed by atoms with Gasteiger partial charge in [-0.3, -0.25) is 4.79 Å². The zero-order valence-electron chi connectivity index (χ0n) is 11.7. The summed E-state index contributed by atoms with van der Waals surface area (Å²) in [6.45, 7) is 3.35. The van der Waals surface area contributed by atoms with Crippen molar-refractivity contribution in [2.24, 2.45) is 11.1 Å². The van der Waals surface area contributed by atoms with Gasteiger partial charge in [0.2, 0.25) is 5.91 Å². The summed E-state index contributed by atoms with van der Waals surface area (Å²) >= 11 is 0. The molecule has 0 unspecified atom stereocenters. The molecule has 0 radical (unpaired) electrons. The van der Waals surface area contributed by atoms with Gasteiger partial charge in [-0.05, 0) is 50.3 Å². The van der Waals surface area contributed by atoms with Crippen molar-refractivity contribution >= 4 is 5.91 Å². The molecule has 4 nitrogen and oxygen atoms in total. The lowest BCUT2D eigenvalue weighted by atomic mass is 9.69. The molecule has 0 atom stereocenters. The van der Waals surface area contributed by atoms with Gasteiger partial charge in [0.05, 0.1) is 0 Å². The van der Waals surface area contributed by atoms with Gasteiger partial charge in [-0.2, -0.15) is 0 Å². The normalized spacial score (nSPS) is 16.9. The van der Waals surface area contributed by atoms with Crippen LogP contribution in [0.5, 0.6) is 0 Å². The van der Waals surface area contributed by atoms with Gasteiger partial charge < -0.3 is 15.5 Å². The number of carbonyl (C=O) groups is 1. The first-order chi connectivity index (χ1) is 9.13. The summed E-state index contributed by atoms with van der Waals surface area (Å²) in [6.07, 6.45) is 5.74. The number of amides is 1. The van der Waals surface area contributed by atoms with E-state index in [1.807, 2.05) is 19.1 Å². The van der Waals surface area contributed by atoms with E-state index in [4.69, 9.17) is 10.2 Å². The molecule has 1 aliphatic rings. The lowest BCUT2D eigenvalue weighted by Crippen LogP contribution is -2.46. The fraction of sp³-hybridized carbons (Fsp3) is 0.667. The number of nitrogens with one attached hydrogen (secondary N) is 1. The van der Waals surface area contributed by atoms with Gasteiger partial charge in [0.15, 0.2) is 0 Å². The van der Waals surface area contributed by atoms with Crippen molar-refractivity contribution in [3.05, 3.63) is 23.7 Å². The van der Waals surface area contributed by atoms with Crippen LogP contribution in [0.3, 0.4) is 0 Å². The highest BCUT2D eigenvalue weighted by molar-refractivity contribution is 5.75. The first kappa shape index (κ1) is 14.1. The van der Waals surface area contributed by atoms with Crippen LogP contribution in [0.15, 0.2) is 16.5 Å². The van der Waals surface area contributed by atoms with E-state index in [1.165, 1.54) is 6.42 Å². The Bertz CT molecular complexity index is 416. The van der Waals surface area contributed by atoms with Crippen molar-refractivity contribution in [2.45, 2.75) is 45.4 Å². The molecule has 19 heavy (non-hydrogen) atoms. The van der Waals surface area contributed by atoms with E-state index in [1.54, 1.807) is 0 Å². The van der Waals surface area contributed by atoms with Gasteiger partial charge >= 0.3 is 0 Å². The molecule has 106 valence electrons. The second-order valence-corrected chi connectivity index (χ2v) is 5.70. The summed E-state index contributed by atoms with van der Waals surface area (Å²) in [4.78, 5) is 11.8. The van der Waals surface area contributed by atoms with E-state index in [9.17, 15) is 4.79 Å². The number of hydrogen-bond acceptors (Lipinski definition) is 3. The van der Waals surface area contributed by atoms with E-state index in [-0.39, 0.29) is 11.3 Å². The average molecular weight is 264 g/mol. The molecule has 2 rings (SSSR count). The van der Waals surface area contributed by atoms with Crippen molar-refractivity contribution < 1.29 is 9.21 Å². The highest BCUT2D eigenvalue weighted by atomic mass is 16.3. The van der Waals surface area contributed by atoms with Crippen molar-refractivity contribution in [1.82, 2.24) is 5.32 Å². The van der Waals surface area contributed by atoms with Gasteiger partial charge in [0.25, 0.3) is 0 Å². The van der Waals surface area contributed by atoms with Crippen LogP contribution in [-0.2, 0) is 11.2 Å². The molecular formula is C15H24N2O2. The van der Waals surface area contributed by atoms with Crippen LogP contribution in [-0.4, -0.2) is 19.0 Å². The highest BCUT2D eigenvalue weighted by Crippen LogP contribution is 2.39. The Morgan fingerprint density at radius 1 is 1.47 bits per heavy atom. The number of hydrogen-bond donors (Lipinski definition) is 2. The number of aryl methyl sites for hydroxylation is 2. The van der Waals surface area contributed by atoms with Crippen LogP contribution in [0.25, 0.3) is 0 Å². The standard InChI is InChI=1S/C15H24N2O2/c1-12-6-7-13(19-12)4-2-5-14(18)17-11-15(10-16)8-3-9-15/h6-7H,2-5,8-11,16H2,1H3,(H,17,18). The predicted octanol–water partition coefficient (Wildman–Crippen LogP) is 2.16. The lowest BCUT2D eigenvalue weighted by Gasteiger charge is -2.41. The molecule has 1 amide bonds. The second kappa shape index (κ2) is 6.24. The van der Waals surface area contributed by atoms with E-state index in [0.717, 1.165) is 43.7 Å². The molecule has 1 saturated carbocycles. The minimum Gasteiger partial charge on any atom is -0.466 e. The molecule has 1 fully saturated rings. The maximum Gasteiger partial charge on any atom is 0.220 e. The number of nitrogens with two attached hydrogens (primary N) is 1. The number of rotatable bonds is 7. The Balaban J connectivity index is 1.62. The Kier molecular flexibility index (Phi) is 4.64. The van der Waals surface area contributed by atoms with Gasteiger partial charge in [-0.1, -0.05) is 6.42 Å². The molecule has 1 heterocycles. The van der Waals surface area contributed by atoms with E-state index in [0.29, 0.717) is 13.0 Å². The summed E-state index contributed by atoms with van der Waals surface area (Å²) in [6, 6.07) is 3.93. The maximum atomic E-state index is 11.8. The van der Waals surface area contributed by atoms with Crippen molar-refractivity contribution in [1.29, 1.82) is 0 Å². The van der Waals surface area contributed by atoms with E-state index in [2.05, 4.69) is 5.32 Å². The third-order valence-corrected chi connectivity index (χ3v) is 4.13. The summed E-state index contributed by atoms with van der Waals surface area (Å²) in [5, 5.41) is 3.02. The molecule has 0 spiro atoms. The van der Waals surface area contributed by atoms with Crippen LogP contribution in [0, 0.1) is 12.3 Å². The lowest BCUT2D eigenvalue weighted by molar-refractivity contribution is -0.122. The monoisotopic (exact) mass is 264 g/mol. The third kappa shape index (κ3) is 3.83. The molecule has 0 bridgehead atoms. The molecule has 0 aromatic carbocycles. The van der Waals surface area contributed by atoms with Gasteiger partial charge in [0.1, 0.15) is 11.5 Å². The molecule has 1 aromatic rings. The Labute approximate surface area is 114 Å². The topological polar surface area (TPSA) is 68.3 Å². The highest BCUT2D eigenvalue weighted by Gasteiger charge is 2.35. The molecule has 1 aromatic heterocycles. The molecule has 4 heteroatoms. The Morgan fingerprint density at radius 3 is 2.79 bits per heavy atom. The zero-order valence-corrected chi connectivity index (χ0v) is 11.7. The van der Waals surface area contributed by atoms with Crippen LogP contribution >= 0.6 is 0 Å². The second-order valence-electron chi connectivity index (χ2n) is 5.70. The first-order valence-corrected chi connectivity index (χ1v) is 7.16. The number of carbonyl (C=O) groups excluding carboxylic acids is 1.